The number of fused-ring (bicyclic) bond motifs is 2. The molecule has 0 N–H and O–H groups in total. The average Bonchev–Trinajstić information content (AvgIpc) is 2.80. The van der Waals surface area contributed by atoms with Crippen molar-refractivity contribution < 1.29 is 9.15 Å². The standard InChI is InChI=1S/C28H21O2/c1-20(17-22-15-16-29-26-13-7-5-11-24(22)26)18-23-19-28(21-9-3-2-4-10-21)30-27-14-8-6-12-25(23)27/h2-19H,1H3/q+1. The predicted octanol–water partition coefficient (Wildman–Crippen LogP) is 7.63. The molecule has 0 unspecified atom stereocenters. The van der Waals surface area contributed by atoms with Gasteiger partial charge in [-0.15, -0.1) is 0 Å². The van der Waals surface area contributed by atoms with Crippen LogP contribution in [-0.4, -0.2) is 0 Å². The maximum Gasteiger partial charge on any atom is 0.360 e. The van der Waals surface area contributed by atoms with Crippen LogP contribution in [0.5, 0.6) is 5.75 Å². The van der Waals surface area contributed by atoms with Crippen molar-refractivity contribution in [3.8, 4) is 5.75 Å². The molecule has 3 aromatic carbocycles. The first-order valence-corrected chi connectivity index (χ1v) is 10.0. The van der Waals surface area contributed by atoms with Crippen molar-refractivity contribution in [3.63, 3.8) is 0 Å². The minimum absolute atomic E-state index is 0.859. The summed E-state index contributed by atoms with van der Waals surface area (Å²) in [6.07, 6.45) is 8.27. The van der Waals surface area contributed by atoms with Gasteiger partial charge in [0.25, 0.3) is 0 Å². The molecule has 1 aliphatic heterocycles. The monoisotopic (exact) mass is 389 g/mol. The highest BCUT2D eigenvalue weighted by Gasteiger charge is 2.17. The second kappa shape index (κ2) is 7.84. The van der Waals surface area contributed by atoms with Crippen LogP contribution >= 0.6 is 0 Å². The molecule has 30 heavy (non-hydrogen) atoms. The van der Waals surface area contributed by atoms with E-state index in [1.54, 1.807) is 6.26 Å². The van der Waals surface area contributed by atoms with Crippen LogP contribution in [0.15, 0.2) is 113 Å². The lowest BCUT2D eigenvalue weighted by Gasteiger charge is -2.20. The smallest absolute Gasteiger partial charge is 0.360 e. The highest BCUT2D eigenvalue weighted by atomic mass is 16.5. The van der Waals surface area contributed by atoms with Gasteiger partial charge in [-0.05, 0) is 36.3 Å². The minimum Gasteiger partial charge on any atom is -0.456 e. The summed E-state index contributed by atoms with van der Waals surface area (Å²) in [5.74, 6) is 1.74. The van der Waals surface area contributed by atoms with Crippen molar-refractivity contribution in [3.05, 3.63) is 126 Å². The van der Waals surface area contributed by atoms with E-state index in [0.29, 0.717) is 0 Å². The lowest BCUT2D eigenvalue weighted by molar-refractivity contribution is 0.509. The fraction of sp³-hybridized carbons (Fsp3) is 0.0357. The summed E-state index contributed by atoms with van der Waals surface area (Å²) >= 11 is 0. The van der Waals surface area contributed by atoms with E-state index in [-0.39, 0.29) is 0 Å². The van der Waals surface area contributed by atoms with Crippen LogP contribution in [0.4, 0.5) is 0 Å². The molecule has 2 nitrogen and oxygen atoms in total. The van der Waals surface area contributed by atoms with Gasteiger partial charge in [-0.25, -0.2) is 4.42 Å². The summed E-state index contributed by atoms with van der Waals surface area (Å²) in [5.41, 5.74) is 6.47. The number of ether oxygens (including phenoxy) is 1. The number of hydrogen-bond acceptors (Lipinski definition) is 1. The van der Waals surface area contributed by atoms with Crippen LogP contribution in [-0.2, 0) is 0 Å². The Morgan fingerprint density at radius 3 is 2.50 bits per heavy atom. The number of rotatable bonds is 3. The Labute approximate surface area is 176 Å². The number of allylic oxidation sites excluding steroid dienone is 4. The summed E-state index contributed by atoms with van der Waals surface area (Å²) in [4.78, 5) is 0. The molecule has 2 heterocycles. The summed E-state index contributed by atoms with van der Waals surface area (Å²) in [6.45, 7) is 2.13. The Morgan fingerprint density at radius 1 is 0.833 bits per heavy atom. The second-order valence-electron chi connectivity index (χ2n) is 7.33. The molecule has 0 radical (unpaired) electrons. The third-order valence-electron chi connectivity index (χ3n) is 5.17. The Kier molecular flexibility index (Phi) is 4.74. The van der Waals surface area contributed by atoms with E-state index < -0.39 is 0 Å². The molecule has 0 atom stereocenters. The molecular formula is C28H21O2+. The Balaban J connectivity index is 1.60. The summed E-state index contributed by atoms with van der Waals surface area (Å²) in [7, 11) is 0. The normalized spacial score (nSPS) is 14.9. The summed E-state index contributed by atoms with van der Waals surface area (Å²) < 4.78 is 11.8. The zero-order valence-electron chi connectivity index (χ0n) is 16.7. The van der Waals surface area contributed by atoms with Gasteiger partial charge in [-0.2, -0.15) is 0 Å². The molecule has 0 spiro atoms. The zero-order chi connectivity index (χ0) is 20.3. The van der Waals surface area contributed by atoms with Crippen LogP contribution in [0.2, 0.25) is 0 Å². The average molecular weight is 389 g/mol. The predicted molar refractivity (Wildman–Crippen MR) is 124 cm³/mol. The van der Waals surface area contributed by atoms with Crippen molar-refractivity contribution in [1.82, 2.24) is 0 Å². The van der Waals surface area contributed by atoms with Gasteiger partial charge in [0.15, 0.2) is 0 Å². The first kappa shape index (κ1) is 18.1. The Bertz CT molecular complexity index is 1310. The SMILES string of the molecule is CC(=C/c1cc[o+]c2ccccc12)/C=C1\C=C(c2ccccc2)Oc2ccccc21. The van der Waals surface area contributed by atoms with Crippen molar-refractivity contribution in [2.45, 2.75) is 6.92 Å². The molecule has 0 saturated heterocycles. The topological polar surface area (TPSA) is 20.5 Å². The lowest BCUT2D eigenvalue weighted by atomic mass is 9.97. The van der Waals surface area contributed by atoms with Crippen LogP contribution in [0.1, 0.15) is 23.6 Å². The zero-order valence-corrected chi connectivity index (χ0v) is 16.7. The molecule has 2 heteroatoms. The maximum absolute atomic E-state index is 6.19. The van der Waals surface area contributed by atoms with Crippen LogP contribution in [0, 0.1) is 0 Å². The second-order valence-corrected chi connectivity index (χ2v) is 7.33. The molecule has 0 saturated carbocycles. The van der Waals surface area contributed by atoms with Gasteiger partial charge in [0.1, 0.15) is 11.5 Å². The van der Waals surface area contributed by atoms with Gasteiger partial charge in [-0.3, -0.25) is 0 Å². The fourth-order valence-electron chi connectivity index (χ4n) is 3.76. The fourth-order valence-corrected chi connectivity index (χ4v) is 3.76. The molecule has 1 aromatic heterocycles. The number of benzene rings is 3. The van der Waals surface area contributed by atoms with Crippen molar-refractivity contribution in [2.75, 3.05) is 0 Å². The maximum atomic E-state index is 6.19. The third-order valence-corrected chi connectivity index (χ3v) is 5.17. The lowest BCUT2D eigenvalue weighted by Crippen LogP contribution is -2.03. The van der Waals surface area contributed by atoms with E-state index in [2.05, 4.69) is 49.4 Å². The van der Waals surface area contributed by atoms with Gasteiger partial charge in [-0.1, -0.05) is 72.8 Å². The van der Waals surface area contributed by atoms with Crippen molar-refractivity contribution >= 4 is 28.4 Å². The largest absolute Gasteiger partial charge is 0.456 e. The highest BCUT2D eigenvalue weighted by molar-refractivity contribution is 5.91. The van der Waals surface area contributed by atoms with E-state index in [9.17, 15) is 0 Å². The highest BCUT2D eigenvalue weighted by Crippen LogP contribution is 2.37. The number of para-hydroxylation sites is 2. The third kappa shape index (κ3) is 3.56. The van der Waals surface area contributed by atoms with E-state index in [1.165, 1.54) is 0 Å². The molecule has 0 amide bonds. The molecule has 0 aliphatic carbocycles. The van der Waals surface area contributed by atoms with E-state index >= 15 is 0 Å². The molecular weight excluding hydrogens is 368 g/mol. The Hall–Kier alpha value is -3.91. The van der Waals surface area contributed by atoms with Crippen molar-refractivity contribution in [1.29, 1.82) is 0 Å². The Morgan fingerprint density at radius 2 is 1.60 bits per heavy atom. The van der Waals surface area contributed by atoms with Gasteiger partial charge in [0, 0.05) is 28.8 Å². The molecule has 1 aliphatic rings. The van der Waals surface area contributed by atoms with Crippen LogP contribution in [0.3, 0.4) is 0 Å². The molecule has 0 bridgehead atoms. The molecule has 5 rings (SSSR count). The van der Waals surface area contributed by atoms with E-state index in [4.69, 9.17) is 9.15 Å². The van der Waals surface area contributed by atoms with Crippen LogP contribution < -0.4 is 4.74 Å². The molecule has 144 valence electrons. The van der Waals surface area contributed by atoms with Gasteiger partial charge in [0.05, 0.1) is 5.39 Å². The van der Waals surface area contributed by atoms with E-state index in [0.717, 1.165) is 50.3 Å². The molecule has 0 fully saturated rings. The summed E-state index contributed by atoms with van der Waals surface area (Å²) in [5, 5.41) is 1.10. The first-order valence-electron chi connectivity index (χ1n) is 10.0. The van der Waals surface area contributed by atoms with Gasteiger partial charge in [0.2, 0.25) is 0 Å². The van der Waals surface area contributed by atoms with E-state index in [1.807, 2.05) is 60.7 Å². The molecule has 4 aromatic rings. The summed E-state index contributed by atoms with van der Waals surface area (Å²) in [6, 6.07) is 28.5. The minimum atomic E-state index is 0.859. The van der Waals surface area contributed by atoms with Gasteiger partial charge >= 0.3 is 11.8 Å². The van der Waals surface area contributed by atoms with Gasteiger partial charge < -0.3 is 4.74 Å². The van der Waals surface area contributed by atoms with Crippen molar-refractivity contribution in [2.24, 2.45) is 0 Å². The number of hydrogen-bond donors (Lipinski definition) is 0. The first-order chi connectivity index (χ1) is 14.8. The quantitative estimate of drug-likeness (QED) is 0.336. The van der Waals surface area contributed by atoms with Crippen LogP contribution in [0.25, 0.3) is 28.4 Å².